The molecule has 0 aliphatic heterocycles. The van der Waals surface area contributed by atoms with Crippen molar-refractivity contribution < 1.29 is 23.1 Å². The topological polar surface area (TPSA) is 46.6 Å². The lowest BCUT2D eigenvalue weighted by Gasteiger charge is -2.17. The second-order valence-corrected chi connectivity index (χ2v) is 6.45. The summed E-state index contributed by atoms with van der Waals surface area (Å²) in [4.78, 5) is 24.8. The number of nitrogens with zero attached hydrogens (tertiary/aromatic N) is 1. The average Bonchev–Trinajstić information content (AvgIpc) is 2.60. The minimum atomic E-state index is -0.950. The van der Waals surface area contributed by atoms with Crippen LogP contribution >= 0.6 is 0 Å². The quantitative estimate of drug-likeness (QED) is 0.396. The molecule has 1 rings (SSSR count). The number of carbonyl (C=O) groups is 2. The molecule has 0 spiro atoms. The molecule has 26 heavy (non-hydrogen) atoms. The lowest BCUT2D eigenvalue weighted by molar-refractivity contribution is -0.144. The molecule has 0 radical (unpaired) electrons. The summed E-state index contributed by atoms with van der Waals surface area (Å²) in [6, 6.07) is 3.19. The molecular formula is C20H29F2NO3. The molecule has 0 fully saturated rings. The minimum Gasteiger partial charge on any atom is -0.464 e. The normalized spacial score (nSPS) is 10.6. The van der Waals surface area contributed by atoms with E-state index >= 15 is 0 Å². The van der Waals surface area contributed by atoms with Gasteiger partial charge in [0, 0.05) is 7.05 Å². The zero-order valence-electron chi connectivity index (χ0n) is 15.7. The van der Waals surface area contributed by atoms with Crippen LogP contribution in [0.5, 0.6) is 0 Å². The highest BCUT2D eigenvalue weighted by Gasteiger charge is 2.22. The van der Waals surface area contributed by atoms with E-state index in [1.807, 2.05) is 0 Å². The SMILES string of the molecule is CCCCCCCCCCOC(=O)CN(C)C(=O)c1c(F)cccc1F. The number of hydrogen-bond donors (Lipinski definition) is 0. The van der Waals surface area contributed by atoms with E-state index in [0.717, 1.165) is 36.3 Å². The van der Waals surface area contributed by atoms with Gasteiger partial charge in [-0.1, -0.05) is 57.9 Å². The Bertz CT molecular complexity index is 558. The Morgan fingerprint density at radius 3 is 2.08 bits per heavy atom. The molecule has 0 aliphatic carbocycles. The predicted molar refractivity (Wildman–Crippen MR) is 96.9 cm³/mol. The molecular weight excluding hydrogens is 340 g/mol. The Balaban J connectivity index is 2.23. The molecule has 4 nitrogen and oxygen atoms in total. The van der Waals surface area contributed by atoms with Gasteiger partial charge in [-0.2, -0.15) is 0 Å². The zero-order chi connectivity index (χ0) is 19.4. The summed E-state index contributed by atoms with van der Waals surface area (Å²) in [5, 5.41) is 0. The summed E-state index contributed by atoms with van der Waals surface area (Å²) < 4.78 is 32.3. The van der Waals surface area contributed by atoms with Crippen LogP contribution in [0.1, 0.15) is 68.6 Å². The maximum Gasteiger partial charge on any atom is 0.325 e. The van der Waals surface area contributed by atoms with Crippen LogP contribution in [0.15, 0.2) is 18.2 Å². The number of halogens is 2. The van der Waals surface area contributed by atoms with Crippen LogP contribution in [0.3, 0.4) is 0 Å². The van der Waals surface area contributed by atoms with Gasteiger partial charge in [0.1, 0.15) is 23.7 Å². The smallest absolute Gasteiger partial charge is 0.325 e. The third-order valence-electron chi connectivity index (χ3n) is 4.15. The third-order valence-corrected chi connectivity index (χ3v) is 4.15. The van der Waals surface area contributed by atoms with Crippen molar-refractivity contribution in [2.45, 2.75) is 58.3 Å². The molecule has 0 bridgehead atoms. The molecule has 1 aromatic rings. The molecule has 1 aromatic carbocycles. The van der Waals surface area contributed by atoms with Gasteiger partial charge >= 0.3 is 5.97 Å². The highest BCUT2D eigenvalue weighted by atomic mass is 19.1. The molecule has 0 atom stereocenters. The second-order valence-electron chi connectivity index (χ2n) is 6.45. The average molecular weight is 369 g/mol. The fourth-order valence-corrected chi connectivity index (χ4v) is 2.63. The van der Waals surface area contributed by atoms with E-state index in [1.54, 1.807) is 0 Å². The summed E-state index contributed by atoms with van der Waals surface area (Å²) in [6.45, 7) is 2.14. The summed E-state index contributed by atoms with van der Waals surface area (Å²) >= 11 is 0. The molecule has 0 aliphatic rings. The van der Waals surface area contributed by atoms with E-state index in [9.17, 15) is 18.4 Å². The van der Waals surface area contributed by atoms with E-state index in [0.29, 0.717) is 6.61 Å². The minimum absolute atomic E-state index is 0.296. The first-order valence-electron chi connectivity index (χ1n) is 9.32. The summed E-state index contributed by atoms with van der Waals surface area (Å²) in [5.41, 5.74) is -0.661. The third kappa shape index (κ3) is 7.93. The Kier molecular flexibility index (Phi) is 10.5. The lowest BCUT2D eigenvalue weighted by Crippen LogP contribution is -2.34. The number of amides is 1. The van der Waals surface area contributed by atoms with Gasteiger partial charge in [-0.3, -0.25) is 9.59 Å². The molecule has 0 saturated heterocycles. The maximum atomic E-state index is 13.6. The maximum absolute atomic E-state index is 13.6. The van der Waals surface area contributed by atoms with E-state index in [4.69, 9.17) is 4.74 Å². The van der Waals surface area contributed by atoms with Crippen molar-refractivity contribution in [3.05, 3.63) is 35.4 Å². The number of benzene rings is 1. The second kappa shape index (κ2) is 12.4. The van der Waals surface area contributed by atoms with Gasteiger partial charge in [-0.25, -0.2) is 8.78 Å². The van der Waals surface area contributed by atoms with Crippen molar-refractivity contribution in [1.29, 1.82) is 0 Å². The highest BCUT2D eigenvalue weighted by molar-refractivity contribution is 5.96. The highest BCUT2D eigenvalue weighted by Crippen LogP contribution is 2.14. The molecule has 0 aromatic heterocycles. The molecule has 146 valence electrons. The zero-order valence-corrected chi connectivity index (χ0v) is 15.7. The van der Waals surface area contributed by atoms with Crippen molar-refractivity contribution >= 4 is 11.9 Å². The molecule has 6 heteroatoms. The molecule has 0 heterocycles. The molecule has 0 saturated carbocycles. The van der Waals surface area contributed by atoms with E-state index < -0.39 is 29.1 Å². The fraction of sp³-hybridized carbons (Fsp3) is 0.600. The van der Waals surface area contributed by atoms with Crippen molar-refractivity contribution in [3.8, 4) is 0 Å². The summed E-state index contributed by atoms with van der Waals surface area (Å²) in [5.74, 6) is -3.37. The molecule has 0 unspecified atom stereocenters. The summed E-state index contributed by atoms with van der Waals surface area (Å²) in [7, 11) is 1.31. The fourth-order valence-electron chi connectivity index (χ4n) is 2.63. The first-order valence-corrected chi connectivity index (χ1v) is 9.32. The van der Waals surface area contributed by atoms with Gasteiger partial charge < -0.3 is 9.64 Å². The van der Waals surface area contributed by atoms with Crippen LogP contribution in [-0.2, 0) is 9.53 Å². The van der Waals surface area contributed by atoms with Gasteiger partial charge in [0.15, 0.2) is 0 Å². The Labute approximate surface area is 154 Å². The Morgan fingerprint density at radius 1 is 0.962 bits per heavy atom. The van der Waals surface area contributed by atoms with Gasteiger partial charge in [-0.05, 0) is 18.6 Å². The van der Waals surface area contributed by atoms with Crippen molar-refractivity contribution in [2.24, 2.45) is 0 Å². The van der Waals surface area contributed by atoms with Crippen LogP contribution in [0.25, 0.3) is 0 Å². The standard InChI is InChI=1S/C20H29F2NO3/c1-3-4-5-6-7-8-9-10-14-26-18(24)15-23(2)20(25)19-16(21)12-11-13-17(19)22/h11-13H,3-10,14-15H2,1-2H3. The van der Waals surface area contributed by atoms with E-state index in [1.165, 1.54) is 45.2 Å². The number of hydrogen-bond acceptors (Lipinski definition) is 3. The van der Waals surface area contributed by atoms with Gasteiger partial charge in [0.2, 0.25) is 0 Å². The van der Waals surface area contributed by atoms with Gasteiger partial charge in [0.05, 0.1) is 6.61 Å². The Hall–Kier alpha value is -1.98. The molecule has 0 N–H and O–H groups in total. The molecule has 1 amide bonds. The number of esters is 1. The van der Waals surface area contributed by atoms with Crippen molar-refractivity contribution in [3.63, 3.8) is 0 Å². The predicted octanol–water partition coefficient (Wildman–Crippen LogP) is 4.72. The largest absolute Gasteiger partial charge is 0.464 e. The van der Waals surface area contributed by atoms with Gasteiger partial charge in [-0.15, -0.1) is 0 Å². The number of likely N-dealkylation sites (N-methyl/N-ethyl adjacent to an activating group) is 1. The van der Waals surface area contributed by atoms with Crippen LogP contribution < -0.4 is 0 Å². The van der Waals surface area contributed by atoms with Crippen LogP contribution in [-0.4, -0.2) is 37.0 Å². The van der Waals surface area contributed by atoms with Crippen LogP contribution in [0, 0.1) is 11.6 Å². The monoisotopic (exact) mass is 369 g/mol. The number of ether oxygens (including phenoxy) is 1. The van der Waals surface area contributed by atoms with Crippen LogP contribution in [0.2, 0.25) is 0 Å². The number of carbonyl (C=O) groups excluding carboxylic acids is 2. The van der Waals surface area contributed by atoms with Crippen molar-refractivity contribution in [2.75, 3.05) is 20.2 Å². The van der Waals surface area contributed by atoms with Gasteiger partial charge in [0.25, 0.3) is 5.91 Å². The van der Waals surface area contributed by atoms with E-state index in [-0.39, 0.29) is 6.54 Å². The lowest BCUT2D eigenvalue weighted by atomic mass is 10.1. The number of rotatable bonds is 12. The van der Waals surface area contributed by atoms with E-state index in [2.05, 4.69) is 6.92 Å². The summed E-state index contributed by atoms with van der Waals surface area (Å²) in [6.07, 6.45) is 9.11. The Morgan fingerprint density at radius 2 is 1.50 bits per heavy atom. The number of unbranched alkanes of at least 4 members (excludes halogenated alkanes) is 7. The first kappa shape index (κ1) is 22.1. The van der Waals surface area contributed by atoms with Crippen LogP contribution in [0.4, 0.5) is 8.78 Å². The first-order chi connectivity index (χ1) is 12.5. The van der Waals surface area contributed by atoms with Crippen molar-refractivity contribution in [1.82, 2.24) is 4.90 Å².